The van der Waals surface area contributed by atoms with Crippen molar-refractivity contribution in [2.75, 3.05) is 7.11 Å². The van der Waals surface area contributed by atoms with E-state index in [2.05, 4.69) is 10.1 Å². The van der Waals surface area contributed by atoms with E-state index in [4.69, 9.17) is 9.84 Å². The zero-order valence-corrected chi connectivity index (χ0v) is 8.49. The Hall–Kier alpha value is -2.37. The second-order valence-electron chi connectivity index (χ2n) is 3.01. The van der Waals surface area contributed by atoms with Crippen molar-refractivity contribution in [1.29, 1.82) is 0 Å². The van der Waals surface area contributed by atoms with Gasteiger partial charge in [0.1, 0.15) is 0 Å². The lowest BCUT2D eigenvalue weighted by molar-refractivity contribution is 0.0697. The first-order valence-electron chi connectivity index (χ1n) is 4.49. The second kappa shape index (κ2) is 4.01. The first-order chi connectivity index (χ1) is 7.72. The Bertz CT molecular complexity index is 522. The molecule has 0 saturated heterocycles. The van der Waals surface area contributed by atoms with Crippen LogP contribution in [-0.2, 0) is 0 Å². The number of hydrogen-bond acceptors (Lipinski definition) is 4. The summed E-state index contributed by atoms with van der Waals surface area (Å²) in [7, 11) is 1.52. The minimum atomic E-state index is -1.03. The molecule has 0 bridgehead atoms. The lowest BCUT2D eigenvalue weighted by Gasteiger charge is -2.05. The molecule has 0 fully saturated rings. The highest BCUT2D eigenvalue weighted by Gasteiger charge is 2.10. The summed E-state index contributed by atoms with van der Waals surface area (Å²) in [6, 6.07) is 3.45. The van der Waals surface area contributed by atoms with E-state index in [-0.39, 0.29) is 5.56 Å². The van der Waals surface area contributed by atoms with E-state index >= 15 is 0 Å². The largest absolute Gasteiger partial charge is 0.493 e. The maximum absolute atomic E-state index is 10.7. The predicted molar refractivity (Wildman–Crippen MR) is 54.9 cm³/mol. The third-order valence-electron chi connectivity index (χ3n) is 2.02. The molecule has 2 aromatic rings. The third kappa shape index (κ3) is 1.72. The molecule has 82 valence electrons. The van der Waals surface area contributed by atoms with Gasteiger partial charge in [0.2, 0.25) is 0 Å². The average molecular weight is 219 g/mol. The minimum Gasteiger partial charge on any atom is -0.493 e. The monoisotopic (exact) mass is 219 g/mol. The molecule has 6 heteroatoms. The van der Waals surface area contributed by atoms with Crippen LogP contribution in [0.3, 0.4) is 0 Å². The minimum absolute atomic E-state index is 0.104. The van der Waals surface area contributed by atoms with Gasteiger partial charge in [-0.2, -0.15) is 5.10 Å². The van der Waals surface area contributed by atoms with Gasteiger partial charge >= 0.3 is 5.97 Å². The molecule has 0 aliphatic heterocycles. The molecule has 0 aliphatic rings. The third-order valence-corrected chi connectivity index (χ3v) is 2.02. The Morgan fingerprint density at radius 2 is 2.38 bits per heavy atom. The molecule has 16 heavy (non-hydrogen) atoms. The summed E-state index contributed by atoms with van der Waals surface area (Å²) in [4.78, 5) is 14.8. The van der Waals surface area contributed by atoms with Crippen LogP contribution in [0, 0.1) is 0 Å². The number of aromatic carboxylic acids is 1. The summed E-state index contributed by atoms with van der Waals surface area (Å²) in [6.07, 6.45) is 4.23. The Morgan fingerprint density at radius 3 is 3.00 bits per heavy atom. The number of carbonyl (C=O) groups is 1. The number of carboxylic acid groups (broad SMARTS) is 1. The lowest BCUT2D eigenvalue weighted by Crippen LogP contribution is -2.01. The lowest BCUT2D eigenvalue weighted by atomic mass is 10.4. The van der Waals surface area contributed by atoms with Crippen molar-refractivity contribution in [2.45, 2.75) is 0 Å². The van der Waals surface area contributed by atoms with Crippen LogP contribution in [0.1, 0.15) is 10.4 Å². The van der Waals surface area contributed by atoms with Crippen molar-refractivity contribution in [2.24, 2.45) is 0 Å². The van der Waals surface area contributed by atoms with E-state index in [0.717, 1.165) is 0 Å². The number of ether oxygens (including phenoxy) is 1. The van der Waals surface area contributed by atoms with Gasteiger partial charge in [-0.05, 0) is 12.1 Å². The predicted octanol–water partition coefficient (Wildman–Crippen LogP) is 0.974. The van der Waals surface area contributed by atoms with Crippen LogP contribution in [0.15, 0.2) is 30.7 Å². The normalized spacial score (nSPS) is 10.1. The molecule has 0 saturated carbocycles. The first kappa shape index (κ1) is 10.2. The van der Waals surface area contributed by atoms with Gasteiger partial charge in [-0.15, -0.1) is 0 Å². The molecule has 2 rings (SSSR count). The van der Waals surface area contributed by atoms with Gasteiger partial charge in [-0.3, -0.25) is 0 Å². The van der Waals surface area contributed by atoms with Crippen molar-refractivity contribution < 1.29 is 14.6 Å². The van der Waals surface area contributed by atoms with Gasteiger partial charge in [-0.25, -0.2) is 14.5 Å². The van der Waals surface area contributed by atoms with Crippen LogP contribution >= 0.6 is 0 Å². The number of methoxy groups -OCH3 is 1. The van der Waals surface area contributed by atoms with Gasteiger partial charge in [0.15, 0.2) is 11.6 Å². The van der Waals surface area contributed by atoms with E-state index in [9.17, 15) is 4.79 Å². The maximum Gasteiger partial charge on any atom is 0.338 e. The number of aromatic nitrogens is 3. The Balaban J connectivity index is 2.46. The number of nitrogens with zero attached hydrogens (tertiary/aromatic N) is 3. The van der Waals surface area contributed by atoms with Gasteiger partial charge in [0, 0.05) is 12.4 Å². The number of hydrogen-bond donors (Lipinski definition) is 1. The SMILES string of the molecule is COc1cccnc1-n1cc(C(=O)O)cn1. The van der Waals surface area contributed by atoms with E-state index in [1.165, 1.54) is 24.2 Å². The average Bonchev–Trinajstić information content (AvgIpc) is 2.78. The van der Waals surface area contributed by atoms with Crippen LogP contribution in [0.4, 0.5) is 0 Å². The molecule has 0 unspecified atom stereocenters. The van der Waals surface area contributed by atoms with Gasteiger partial charge in [0.05, 0.1) is 18.9 Å². The molecule has 0 aliphatic carbocycles. The van der Waals surface area contributed by atoms with Gasteiger partial charge in [-0.1, -0.05) is 0 Å². The zero-order chi connectivity index (χ0) is 11.5. The summed E-state index contributed by atoms with van der Waals surface area (Å²) in [5.41, 5.74) is 0.104. The smallest absolute Gasteiger partial charge is 0.338 e. The fourth-order valence-electron chi connectivity index (χ4n) is 1.26. The first-order valence-corrected chi connectivity index (χ1v) is 4.49. The van der Waals surface area contributed by atoms with Gasteiger partial charge in [0.25, 0.3) is 0 Å². The highest BCUT2D eigenvalue weighted by molar-refractivity contribution is 5.86. The van der Waals surface area contributed by atoms with Crippen LogP contribution in [0.25, 0.3) is 5.82 Å². The van der Waals surface area contributed by atoms with Crippen molar-refractivity contribution in [1.82, 2.24) is 14.8 Å². The molecule has 0 spiro atoms. The van der Waals surface area contributed by atoms with E-state index in [1.54, 1.807) is 18.3 Å². The highest BCUT2D eigenvalue weighted by Crippen LogP contribution is 2.18. The summed E-state index contributed by atoms with van der Waals surface area (Å²) in [5, 5.41) is 12.7. The summed E-state index contributed by atoms with van der Waals surface area (Å²) < 4.78 is 6.46. The van der Waals surface area contributed by atoms with Gasteiger partial charge < -0.3 is 9.84 Å². The quantitative estimate of drug-likeness (QED) is 0.832. The zero-order valence-electron chi connectivity index (χ0n) is 8.49. The molecule has 0 amide bonds. The summed E-state index contributed by atoms with van der Waals surface area (Å²) in [5.74, 6) is -0.0406. The molecule has 2 heterocycles. The fraction of sp³-hybridized carbons (Fsp3) is 0.100. The molecular formula is C10H9N3O3. The van der Waals surface area contributed by atoms with Crippen molar-refractivity contribution in [3.8, 4) is 11.6 Å². The van der Waals surface area contributed by atoms with Crippen LogP contribution in [-0.4, -0.2) is 33.0 Å². The Morgan fingerprint density at radius 1 is 1.56 bits per heavy atom. The molecule has 0 atom stereocenters. The van der Waals surface area contributed by atoms with Crippen LogP contribution in [0.5, 0.6) is 5.75 Å². The fourth-order valence-corrected chi connectivity index (χ4v) is 1.26. The Labute approximate surface area is 91.1 Å². The maximum atomic E-state index is 10.7. The van der Waals surface area contributed by atoms with Crippen LogP contribution in [0.2, 0.25) is 0 Å². The van der Waals surface area contributed by atoms with Crippen molar-refractivity contribution in [3.05, 3.63) is 36.3 Å². The molecule has 2 aromatic heterocycles. The number of pyridine rings is 1. The standard InChI is InChI=1S/C10H9N3O3/c1-16-8-3-2-4-11-9(8)13-6-7(5-12-13)10(14)15/h2-6H,1H3,(H,14,15). The molecule has 0 aromatic carbocycles. The summed E-state index contributed by atoms with van der Waals surface area (Å²) in [6.45, 7) is 0. The molecule has 1 N–H and O–H groups in total. The summed E-state index contributed by atoms with van der Waals surface area (Å²) >= 11 is 0. The topological polar surface area (TPSA) is 77.2 Å². The Kier molecular flexibility index (Phi) is 2.55. The molecular weight excluding hydrogens is 210 g/mol. The molecule has 0 radical (unpaired) electrons. The van der Waals surface area contributed by atoms with Crippen molar-refractivity contribution >= 4 is 5.97 Å². The second-order valence-corrected chi connectivity index (χ2v) is 3.01. The van der Waals surface area contributed by atoms with E-state index in [1.807, 2.05) is 0 Å². The van der Waals surface area contributed by atoms with E-state index < -0.39 is 5.97 Å². The molecule has 6 nitrogen and oxygen atoms in total. The van der Waals surface area contributed by atoms with Crippen LogP contribution < -0.4 is 4.74 Å². The van der Waals surface area contributed by atoms with Crippen molar-refractivity contribution in [3.63, 3.8) is 0 Å². The van der Waals surface area contributed by atoms with E-state index in [0.29, 0.717) is 11.6 Å². The number of rotatable bonds is 3. The number of carboxylic acids is 1. The highest BCUT2D eigenvalue weighted by atomic mass is 16.5.